The highest BCUT2D eigenvalue weighted by Crippen LogP contribution is 2.39. The fraction of sp³-hybridized carbons (Fsp3) is 0.577. The van der Waals surface area contributed by atoms with E-state index in [1.54, 1.807) is 0 Å². The lowest BCUT2D eigenvalue weighted by atomic mass is 9.89. The van der Waals surface area contributed by atoms with Crippen LogP contribution >= 0.6 is 0 Å². The van der Waals surface area contributed by atoms with Crippen LogP contribution in [0.4, 0.5) is 0 Å². The maximum atomic E-state index is 2.43. The molecule has 0 bridgehead atoms. The molecule has 0 fully saturated rings. The summed E-state index contributed by atoms with van der Waals surface area (Å²) < 4.78 is 2.43. The monoisotopic (exact) mass is 381 g/mol. The van der Waals surface area contributed by atoms with Crippen LogP contribution < -0.4 is 0 Å². The summed E-state index contributed by atoms with van der Waals surface area (Å²) in [5.41, 5.74) is 16.0. The van der Waals surface area contributed by atoms with Gasteiger partial charge in [-0.3, -0.25) is 0 Å². The molecule has 0 amide bonds. The predicted octanol–water partition coefficient (Wildman–Crippen LogP) is 6.43. The van der Waals surface area contributed by atoms with Crippen molar-refractivity contribution in [3.8, 4) is 0 Å². The van der Waals surface area contributed by atoms with E-state index < -0.39 is 0 Å². The van der Waals surface area contributed by atoms with Gasteiger partial charge in [0.2, 0.25) is 0 Å². The van der Waals surface area contributed by atoms with Gasteiger partial charge in [-0.05, 0) is 100.0 Å². The van der Waals surface area contributed by atoms with Gasteiger partial charge in [0.15, 0.2) is 5.71 Å². The molecule has 0 saturated heterocycles. The average molecular weight is 382 g/mol. The van der Waals surface area contributed by atoms with E-state index in [2.05, 4.69) is 86.0 Å². The minimum Gasteiger partial charge on any atom is -0.380 e. The molecule has 0 aromatic rings. The van der Waals surface area contributed by atoms with E-state index in [0.717, 1.165) is 6.42 Å². The first-order valence-corrected chi connectivity index (χ1v) is 10.7. The summed E-state index contributed by atoms with van der Waals surface area (Å²) in [5, 5.41) is 0. The Balaban J connectivity index is 2.44. The van der Waals surface area contributed by atoms with Crippen LogP contribution in [0.15, 0.2) is 55.9 Å². The molecule has 0 spiro atoms. The number of allylic oxidation sites excluding steroid dienone is 9. The largest absolute Gasteiger partial charge is 0.380 e. The zero-order valence-corrected chi connectivity index (χ0v) is 20.2. The van der Waals surface area contributed by atoms with Gasteiger partial charge in [0.1, 0.15) is 13.6 Å². The normalized spacial score (nSPS) is 20.7. The molecule has 1 heterocycles. The number of rotatable bonds is 5. The average Bonchev–Trinajstić information content (AvgIpc) is 3.21. The molecule has 2 aliphatic rings. The summed E-state index contributed by atoms with van der Waals surface area (Å²) in [6, 6.07) is 0. The number of hydrogen-bond donors (Lipinski definition) is 0. The molecule has 0 aromatic heterocycles. The summed E-state index contributed by atoms with van der Waals surface area (Å²) in [4.78, 5) is 2.27. The third-order valence-corrected chi connectivity index (χ3v) is 7.40. The fourth-order valence-corrected chi connectivity index (χ4v) is 4.63. The van der Waals surface area contributed by atoms with Gasteiger partial charge in [-0.1, -0.05) is 0 Å². The van der Waals surface area contributed by atoms with Crippen molar-refractivity contribution in [1.82, 2.24) is 4.90 Å². The van der Waals surface area contributed by atoms with Gasteiger partial charge in [-0.25, -0.2) is 4.58 Å². The molecule has 28 heavy (non-hydrogen) atoms. The molecule has 2 rings (SSSR count). The molecule has 0 atom stereocenters. The summed E-state index contributed by atoms with van der Waals surface area (Å²) in [6.07, 6.45) is 3.55. The van der Waals surface area contributed by atoms with E-state index in [1.165, 1.54) is 81.0 Å². The van der Waals surface area contributed by atoms with Crippen molar-refractivity contribution in [2.24, 2.45) is 0 Å². The van der Waals surface area contributed by atoms with Gasteiger partial charge in [-0.2, -0.15) is 0 Å². The molecular weight excluding hydrogens is 340 g/mol. The van der Waals surface area contributed by atoms with Crippen molar-refractivity contribution in [3.05, 3.63) is 55.9 Å². The molecule has 2 nitrogen and oxygen atoms in total. The Morgan fingerprint density at radius 3 is 1.75 bits per heavy atom. The zero-order valence-electron chi connectivity index (χ0n) is 20.2. The maximum Gasteiger partial charge on any atom is 0.179 e. The van der Waals surface area contributed by atoms with Gasteiger partial charge in [0, 0.05) is 44.6 Å². The van der Waals surface area contributed by atoms with Crippen molar-refractivity contribution in [3.63, 3.8) is 0 Å². The van der Waals surface area contributed by atoms with Crippen LogP contribution in [0.5, 0.6) is 0 Å². The molecule has 0 saturated carbocycles. The summed E-state index contributed by atoms with van der Waals surface area (Å²) in [5.74, 6) is 0. The molecular formula is C26H41N2+. The van der Waals surface area contributed by atoms with Gasteiger partial charge < -0.3 is 4.90 Å². The summed E-state index contributed by atoms with van der Waals surface area (Å²) >= 11 is 0. The van der Waals surface area contributed by atoms with Crippen molar-refractivity contribution < 1.29 is 4.58 Å². The second-order valence-corrected chi connectivity index (χ2v) is 8.97. The highest BCUT2D eigenvalue weighted by molar-refractivity contribution is 5.97. The van der Waals surface area contributed by atoms with Gasteiger partial charge >= 0.3 is 0 Å². The second-order valence-electron chi connectivity index (χ2n) is 8.97. The van der Waals surface area contributed by atoms with E-state index in [4.69, 9.17) is 0 Å². The van der Waals surface area contributed by atoms with Crippen molar-refractivity contribution >= 4 is 5.71 Å². The van der Waals surface area contributed by atoms with E-state index in [-0.39, 0.29) is 0 Å². The van der Waals surface area contributed by atoms with Gasteiger partial charge in [-0.15, -0.1) is 0 Å². The predicted molar refractivity (Wildman–Crippen MR) is 124 cm³/mol. The van der Waals surface area contributed by atoms with Crippen LogP contribution in [0.25, 0.3) is 0 Å². The van der Waals surface area contributed by atoms with Gasteiger partial charge in [0.05, 0.1) is 0 Å². The Bertz CT molecular complexity index is 864. The molecule has 2 heteroatoms. The quantitative estimate of drug-likeness (QED) is 0.393. The first-order chi connectivity index (χ1) is 13.0. The van der Waals surface area contributed by atoms with Crippen LogP contribution in [0.3, 0.4) is 0 Å². The van der Waals surface area contributed by atoms with Crippen molar-refractivity contribution in [2.45, 2.75) is 74.7 Å². The third kappa shape index (κ3) is 4.11. The highest BCUT2D eigenvalue weighted by atomic mass is 15.1. The van der Waals surface area contributed by atoms with E-state index in [1.807, 2.05) is 0 Å². The Morgan fingerprint density at radius 2 is 1.32 bits per heavy atom. The van der Waals surface area contributed by atoms with Crippen LogP contribution in [0.1, 0.15) is 74.7 Å². The van der Waals surface area contributed by atoms with E-state index >= 15 is 0 Å². The molecule has 0 unspecified atom stereocenters. The molecule has 1 aliphatic heterocycles. The number of nitrogens with zero attached hydrogens (tertiary/aromatic N) is 2. The van der Waals surface area contributed by atoms with E-state index in [9.17, 15) is 0 Å². The summed E-state index contributed by atoms with van der Waals surface area (Å²) in [7, 11) is 6.54. The van der Waals surface area contributed by atoms with Crippen molar-refractivity contribution in [1.29, 1.82) is 0 Å². The van der Waals surface area contributed by atoms with Crippen molar-refractivity contribution in [2.75, 3.05) is 27.7 Å². The molecule has 0 N–H and O–H groups in total. The Kier molecular flexibility index (Phi) is 6.96. The summed E-state index contributed by atoms with van der Waals surface area (Å²) in [6.45, 7) is 19.5. The second kappa shape index (κ2) is 8.68. The first kappa shape index (κ1) is 22.5. The lowest BCUT2D eigenvalue weighted by molar-refractivity contribution is -0.488. The molecule has 0 radical (unpaired) electrons. The molecule has 0 aromatic carbocycles. The van der Waals surface area contributed by atoms with E-state index in [0.29, 0.717) is 0 Å². The number of hydrogen-bond acceptors (Lipinski definition) is 1. The smallest absolute Gasteiger partial charge is 0.179 e. The molecule has 1 aliphatic carbocycles. The SMILES string of the molecule is CC1=C(/C(C)=C(C)/C(C)=C(C)/C(C)=C(/C)C2=[N+](C)CCC2)CC(N(C)C)=C1C. The topological polar surface area (TPSA) is 6.25 Å². The first-order valence-electron chi connectivity index (χ1n) is 10.7. The Hall–Kier alpha value is -1.83. The standard InChI is InChI=1S/C26H41N2/c1-16(17(2)19(4)22(7)25-13-12-14-28(25)11)18(3)20(5)24-15-26(27(9)10)23(8)21(24)6/h12-15H2,1-11H3/q+1. The van der Waals surface area contributed by atoms with Crippen LogP contribution in [-0.4, -0.2) is 42.9 Å². The minimum absolute atomic E-state index is 1.05. The zero-order chi connectivity index (χ0) is 21.3. The van der Waals surface area contributed by atoms with Crippen LogP contribution in [0, 0.1) is 0 Å². The third-order valence-electron chi connectivity index (χ3n) is 7.40. The molecule has 154 valence electrons. The fourth-order valence-electron chi connectivity index (χ4n) is 4.63. The Morgan fingerprint density at radius 1 is 0.786 bits per heavy atom. The van der Waals surface area contributed by atoms with Crippen LogP contribution in [-0.2, 0) is 0 Å². The maximum absolute atomic E-state index is 2.43. The Labute approximate surface area is 173 Å². The lowest BCUT2D eigenvalue weighted by Crippen LogP contribution is -2.12. The van der Waals surface area contributed by atoms with Gasteiger partial charge in [0.25, 0.3) is 0 Å². The highest BCUT2D eigenvalue weighted by Gasteiger charge is 2.24. The van der Waals surface area contributed by atoms with Crippen LogP contribution in [0.2, 0.25) is 0 Å². The minimum atomic E-state index is 1.05. The lowest BCUT2D eigenvalue weighted by Gasteiger charge is -2.18.